The molecule has 0 bridgehead atoms. The van der Waals surface area contributed by atoms with Gasteiger partial charge in [-0.2, -0.15) is 13.2 Å². The van der Waals surface area contributed by atoms with E-state index in [-0.39, 0.29) is 11.8 Å². The van der Waals surface area contributed by atoms with Crippen LogP contribution in [-0.2, 0) is 17.5 Å². The summed E-state index contributed by atoms with van der Waals surface area (Å²) in [7, 11) is 0. The molecule has 2 aliphatic heterocycles. The summed E-state index contributed by atoms with van der Waals surface area (Å²) in [5.41, 5.74) is 1.15. The number of piperazine rings is 1. The standard InChI is InChI=1S/C23H23ClF3N3O2/c24-18-7-8-19(20(14-18)30-9-1-2-21(30)31)22(32)29-12-10-28(11-13-29)15-16-3-5-17(6-4-16)23(25,26)27/h3-8,14H,1-2,9-13,15H2. The lowest BCUT2D eigenvalue weighted by molar-refractivity contribution is -0.137. The first-order valence-electron chi connectivity index (χ1n) is 10.5. The molecule has 0 radical (unpaired) electrons. The van der Waals surface area contributed by atoms with Crippen molar-refractivity contribution in [2.24, 2.45) is 0 Å². The van der Waals surface area contributed by atoms with Gasteiger partial charge in [-0.1, -0.05) is 23.7 Å². The molecule has 0 aromatic heterocycles. The summed E-state index contributed by atoms with van der Waals surface area (Å²) in [6.45, 7) is 3.30. The lowest BCUT2D eigenvalue weighted by Crippen LogP contribution is -2.48. The first kappa shape index (κ1) is 22.6. The average molecular weight is 466 g/mol. The summed E-state index contributed by atoms with van der Waals surface area (Å²) in [5.74, 6) is -0.159. The fourth-order valence-corrected chi connectivity index (χ4v) is 4.31. The first-order chi connectivity index (χ1) is 15.2. The van der Waals surface area contributed by atoms with Gasteiger partial charge in [-0.25, -0.2) is 0 Å². The highest BCUT2D eigenvalue weighted by molar-refractivity contribution is 6.31. The molecule has 0 spiro atoms. The van der Waals surface area contributed by atoms with Crippen LogP contribution in [0.25, 0.3) is 0 Å². The van der Waals surface area contributed by atoms with E-state index in [0.29, 0.717) is 62.0 Å². The van der Waals surface area contributed by atoms with Crippen LogP contribution in [0.1, 0.15) is 34.3 Å². The molecule has 2 amide bonds. The molecule has 2 fully saturated rings. The largest absolute Gasteiger partial charge is 0.416 e. The molecule has 2 saturated heterocycles. The monoisotopic (exact) mass is 465 g/mol. The quantitative estimate of drug-likeness (QED) is 0.670. The van der Waals surface area contributed by atoms with Crippen molar-refractivity contribution in [1.82, 2.24) is 9.80 Å². The number of carbonyl (C=O) groups excluding carboxylic acids is 2. The highest BCUT2D eigenvalue weighted by atomic mass is 35.5. The van der Waals surface area contributed by atoms with E-state index in [1.54, 1.807) is 28.0 Å². The van der Waals surface area contributed by atoms with Crippen LogP contribution in [0.4, 0.5) is 18.9 Å². The summed E-state index contributed by atoms with van der Waals surface area (Å²) < 4.78 is 38.2. The van der Waals surface area contributed by atoms with E-state index in [1.807, 2.05) is 0 Å². The second-order valence-electron chi connectivity index (χ2n) is 8.07. The minimum atomic E-state index is -4.34. The third kappa shape index (κ3) is 4.91. The Morgan fingerprint density at radius 1 is 0.969 bits per heavy atom. The number of rotatable bonds is 4. The molecule has 0 unspecified atom stereocenters. The zero-order valence-electron chi connectivity index (χ0n) is 17.4. The van der Waals surface area contributed by atoms with Crippen LogP contribution < -0.4 is 4.90 Å². The molecule has 0 aliphatic carbocycles. The Hall–Kier alpha value is -2.58. The summed E-state index contributed by atoms with van der Waals surface area (Å²) >= 11 is 6.13. The third-order valence-corrected chi connectivity index (χ3v) is 6.14. The van der Waals surface area contributed by atoms with Gasteiger partial charge in [0.15, 0.2) is 0 Å². The molecule has 4 rings (SSSR count). The van der Waals surface area contributed by atoms with Gasteiger partial charge in [0.05, 0.1) is 16.8 Å². The van der Waals surface area contributed by atoms with Gasteiger partial charge in [-0.05, 0) is 42.3 Å². The molecule has 0 atom stereocenters. The van der Waals surface area contributed by atoms with Crippen molar-refractivity contribution in [1.29, 1.82) is 0 Å². The van der Waals surface area contributed by atoms with Crippen LogP contribution in [0, 0.1) is 0 Å². The Labute approximate surface area is 189 Å². The van der Waals surface area contributed by atoms with Gasteiger partial charge in [0.2, 0.25) is 5.91 Å². The van der Waals surface area contributed by atoms with E-state index in [1.165, 1.54) is 12.1 Å². The van der Waals surface area contributed by atoms with Crippen molar-refractivity contribution in [2.75, 3.05) is 37.6 Å². The SMILES string of the molecule is O=C(c1ccc(Cl)cc1N1CCCC1=O)N1CCN(Cc2ccc(C(F)(F)F)cc2)CC1. The summed E-state index contributed by atoms with van der Waals surface area (Å²) in [5, 5.41) is 0.470. The Balaban J connectivity index is 1.39. The topological polar surface area (TPSA) is 43.9 Å². The van der Waals surface area contributed by atoms with E-state index in [4.69, 9.17) is 11.6 Å². The molecule has 2 heterocycles. The number of hydrogen-bond donors (Lipinski definition) is 0. The molecule has 2 aromatic carbocycles. The summed E-state index contributed by atoms with van der Waals surface area (Å²) in [6, 6.07) is 10.2. The van der Waals surface area contributed by atoms with Crippen molar-refractivity contribution in [2.45, 2.75) is 25.6 Å². The van der Waals surface area contributed by atoms with Crippen molar-refractivity contribution in [3.63, 3.8) is 0 Å². The minimum absolute atomic E-state index is 0.0114. The molecule has 2 aromatic rings. The summed E-state index contributed by atoms with van der Waals surface area (Å²) in [4.78, 5) is 30.9. The minimum Gasteiger partial charge on any atom is -0.336 e. The van der Waals surface area contributed by atoms with Crippen LogP contribution >= 0.6 is 11.6 Å². The van der Waals surface area contributed by atoms with Gasteiger partial charge in [0.25, 0.3) is 5.91 Å². The Morgan fingerprint density at radius 2 is 1.66 bits per heavy atom. The Morgan fingerprint density at radius 3 is 2.25 bits per heavy atom. The number of alkyl halides is 3. The molecule has 32 heavy (non-hydrogen) atoms. The second-order valence-corrected chi connectivity index (χ2v) is 8.51. The Bertz CT molecular complexity index is 1000. The highest BCUT2D eigenvalue weighted by Crippen LogP contribution is 2.31. The smallest absolute Gasteiger partial charge is 0.336 e. The van der Waals surface area contributed by atoms with Crippen LogP contribution in [0.15, 0.2) is 42.5 Å². The van der Waals surface area contributed by atoms with Gasteiger partial charge in [0.1, 0.15) is 0 Å². The zero-order valence-corrected chi connectivity index (χ0v) is 18.1. The number of hydrogen-bond acceptors (Lipinski definition) is 3. The fraction of sp³-hybridized carbons (Fsp3) is 0.391. The van der Waals surface area contributed by atoms with Gasteiger partial charge < -0.3 is 9.80 Å². The van der Waals surface area contributed by atoms with Crippen LogP contribution in [0.2, 0.25) is 5.02 Å². The van der Waals surface area contributed by atoms with E-state index >= 15 is 0 Å². The third-order valence-electron chi connectivity index (χ3n) is 5.90. The molecular weight excluding hydrogens is 443 g/mol. The molecule has 2 aliphatic rings. The zero-order chi connectivity index (χ0) is 22.9. The van der Waals surface area contributed by atoms with Gasteiger partial charge in [-0.15, -0.1) is 0 Å². The van der Waals surface area contributed by atoms with Crippen molar-refractivity contribution in [3.8, 4) is 0 Å². The van der Waals surface area contributed by atoms with Crippen molar-refractivity contribution >= 4 is 29.1 Å². The van der Waals surface area contributed by atoms with Crippen LogP contribution in [0.5, 0.6) is 0 Å². The predicted molar refractivity (Wildman–Crippen MR) is 116 cm³/mol. The van der Waals surface area contributed by atoms with E-state index in [9.17, 15) is 22.8 Å². The molecule has 170 valence electrons. The Kier molecular flexibility index (Phi) is 6.44. The average Bonchev–Trinajstić information content (AvgIpc) is 3.19. The maximum absolute atomic E-state index is 13.2. The number of nitrogens with zero attached hydrogens (tertiary/aromatic N) is 3. The lowest BCUT2D eigenvalue weighted by atomic mass is 10.1. The fourth-order valence-electron chi connectivity index (χ4n) is 4.15. The molecular formula is C23H23ClF3N3O2. The predicted octanol–water partition coefficient (Wildman–Crippen LogP) is 4.44. The van der Waals surface area contributed by atoms with Crippen molar-refractivity contribution < 1.29 is 22.8 Å². The number of benzene rings is 2. The number of amides is 2. The van der Waals surface area contributed by atoms with Gasteiger partial charge in [0, 0.05) is 50.7 Å². The molecule has 0 N–H and O–H groups in total. The number of anilines is 1. The molecule has 5 nitrogen and oxygen atoms in total. The van der Waals surface area contributed by atoms with Crippen LogP contribution in [0.3, 0.4) is 0 Å². The van der Waals surface area contributed by atoms with E-state index < -0.39 is 11.7 Å². The van der Waals surface area contributed by atoms with Crippen molar-refractivity contribution in [3.05, 3.63) is 64.2 Å². The molecule has 9 heteroatoms. The maximum Gasteiger partial charge on any atom is 0.416 e. The lowest BCUT2D eigenvalue weighted by Gasteiger charge is -2.35. The maximum atomic E-state index is 13.2. The first-order valence-corrected chi connectivity index (χ1v) is 10.9. The normalized spacial score (nSPS) is 17.8. The van der Waals surface area contributed by atoms with E-state index in [2.05, 4.69) is 4.90 Å². The summed E-state index contributed by atoms with van der Waals surface area (Å²) in [6.07, 6.45) is -3.13. The van der Waals surface area contributed by atoms with E-state index in [0.717, 1.165) is 24.1 Å². The highest BCUT2D eigenvalue weighted by Gasteiger charge is 2.31. The number of carbonyl (C=O) groups is 2. The number of halogens is 4. The van der Waals surface area contributed by atoms with Crippen LogP contribution in [-0.4, -0.2) is 54.3 Å². The van der Waals surface area contributed by atoms with Gasteiger partial charge >= 0.3 is 6.18 Å². The van der Waals surface area contributed by atoms with Gasteiger partial charge in [-0.3, -0.25) is 14.5 Å². The molecule has 0 saturated carbocycles. The second kappa shape index (κ2) is 9.11.